The van der Waals surface area contributed by atoms with Crippen LogP contribution in [0.3, 0.4) is 0 Å². The van der Waals surface area contributed by atoms with E-state index >= 15 is 0 Å². The normalized spacial score (nSPS) is 20.1. The largest absolute Gasteiger partial charge is 0.459 e. The minimum Gasteiger partial charge on any atom is -0.459 e. The van der Waals surface area contributed by atoms with Crippen LogP contribution in [0.25, 0.3) is 0 Å². The Bertz CT molecular complexity index is 378. The number of ether oxygens (including phenoxy) is 1. The number of nitrogens with zero attached hydrogens (tertiary/aromatic N) is 1. The molecule has 1 unspecified atom stereocenters. The molecule has 1 aliphatic heterocycles. The summed E-state index contributed by atoms with van der Waals surface area (Å²) in [6.07, 6.45) is 1.67. The molecule has 0 amide bonds. The van der Waals surface area contributed by atoms with Crippen molar-refractivity contribution in [2.24, 2.45) is 0 Å². The number of nitrogens with one attached hydrogen (secondary N) is 2. The summed E-state index contributed by atoms with van der Waals surface area (Å²) in [5.41, 5.74) is 1.40. The van der Waals surface area contributed by atoms with E-state index in [2.05, 4.69) is 15.5 Å². The molecule has 2 heterocycles. The number of hydrogen-bond acceptors (Lipinski definition) is 4. The topological polar surface area (TPSA) is 67.0 Å². The van der Waals surface area contributed by atoms with E-state index in [9.17, 15) is 4.79 Å². The van der Waals surface area contributed by atoms with Crippen molar-refractivity contribution < 1.29 is 9.53 Å². The molecule has 0 fully saturated rings. The van der Waals surface area contributed by atoms with Crippen LogP contribution in [0, 0.1) is 0 Å². The summed E-state index contributed by atoms with van der Waals surface area (Å²) in [7, 11) is 0. The van der Waals surface area contributed by atoms with Crippen molar-refractivity contribution in [2.45, 2.75) is 39.0 Å². The number of esters is 1. The maximum Gasteiger partial charge on any atom is 0.328 e. The van der Waals surface area contributed by atoms with E-state index < -0.39 is 5.60 Å². The first-order valence-electron chi connectivity index (χ1n) is 4.96. The Morgan fingerprint density at radius 1 is 1.60 bits per heavy atom. The van der Waals surface area contributed by atoms with Crippen LogP contribution in [0.1, 0.15) is 38.1 Å². The third-order valence-corrected chi connectivity index (χ3v) is 2.19. The maximum atomic E-state index is 11.8. The molecule has 0 saturated carbocycles. The number of carbonyl (C=O) groups is 1. The Morgan fingerprint density at radius 3 is 3.00 bits per heavy atom. The Kier molecular flexibility index (Phi) is 2.26. The number of rotatable bonds is 1. The van der Waals surface area contributed by atoms with Gasteiger partial charge in [0.2, 0.25) is 0 Å². The van der Waals surface area contributed by atoms with Crippen molar-refractivity contribution in [1.29, 1.82) is 0 Å². The van der Waals surface area contributed by atoms with Crippen LogP contribution in [0.5, 0.6) is 0 Å². The van der Waals surface area contributed by atoms with Gasteiger partial charge in [-0.05, 0) is 20.8 Å². The summed E-state index contributed by atoms with van der Waals surface area (Å²) in [5, 5.41) is 9.82. The van der Waals surface area contributed by atoms with Gasteiger partial charge in [0.25, 0.3) is 0 Å². The molecular weight excluding hydrogens is 194 g/mol. The minimum absolute atomic E-state index is 0.248. The second kappa shape index (κ2) is 3.34. The molecule has 1 aliphatic rings. The van der Waals surface area contributed by atoms with Gasteiger partial charge in [-0.3, -0.25) is 10.4 Å². The van der Waals surface area contributed by atoms with E-state index in [4.69, 9.17) is 4.74 Å². The zero-order valence-electron chi connectivity index (χ0n) is 9.13. The van der Waals surface area contributed by atoms with E-state index in [1.54, 1.807) is 6.20 Å². The lowest BCUT2D eigenvalue weighted by molar-refractivity contribution is -0.157. The van der Waals surface area contributed by atoms with Crippen molar-refractivity contribution in [1.82, 2.24) is 15.5 Å². The molecule has 82 valence electrons. The highest BCUT2D eigenvalue weighted by Gasteiger charge is 2.33. The highest BCUT2D eigenvalue weighted by molar-refractivity contribution is 5.79. The molecule has 0 aliphatic carbocycles. The molecule has 0 spiro atoms. The van der Waals surface area contributed by atoms with Crippen LogP contribution in [0.2, 0.25) is 0 Å². The highest BCUT2D eigenvalue weighted by Crippen LogP contribution is 2.25. The molecule has 0 bridgehead atoms. The maximum absolute atomic E-state index is 11.8. The van der Waals surface area contributed by atoms with Crippen LogP contribution < -0.4 is 5.32 Å². The van der Waals surface area contributed by atoms with Crippen molar-refractivity contribution >= 4 is 5.97 Å². The van der Waals surface area contributed by atoms with Gasteiger partial charge < -0.3 is 4.74 Å². The molecule has 2 N–H and O–H groups in total. The first kappa shape index (κ1) is 10.2. The fraction of sp³-hybridized carbons (Fsp3) is 0.600. The quantitative estimate of drug-likeness (QED) is 0.674. The van der Waals surface area contributed by atoms with E-state index in [0.29, 0.717) is 6.54 Å². The first-order chi connectivity index (χ1) is 6.97. The van der Waals surface area contributed by atoms with Crippen LogP contribution >= 0.6 is 0 Å². The summed E-state index contributed by atoms with van der Waals surface area (Å²) in [4.78, 5) is 11.8. The Labute approximate surface area is 88.2 Å². The van der Waals surface area contributed by atoms with E-state index in [1.807, 2.05) is 20.8 Å². The summed E-state index contributed by atoms with van der Waals surface area (Å²) in [5.74, 6) is -0.248. The van der Waals surface area contributed by atoms with Crippen LogP contribution in [0.4, 0.5) is 0 Å². The van der Waals surface area contributed by atoms with Gasteiger partial charge in [0.15, 0.2) is 0 Å². The van der Waals surface area contributed by atoms with Gasteiger partial charge in [-0.15, -0.1) is 0 Å². The lowest BCUT2D eigenvalue weighted by atomic mass is 10.1. The monoisotopic (exact) mass is 209 g/mol. The zero-order chi connectivity index (χ0) is 11.1. The number of hydrogen-bond donors (Lipinski definition) is 2. The van der Waals surface area contributed by atoms with Gasteiger partial charge in [-0.2, -0.15) is 5.10 Å². The van der Waals surface area contributed by atoms with Crippen LogP contribution in [-0.4, -0.2) is 21.8 Å². The van der Waals surface area contributed by atoms with Gasteiger partial charge in [-0.25, -0.2) is 4.79 Å². The fourth-order valence-electron chi connectivity index (χ4n) is 1.60. The van der Waals surface area contributed by atoms with Gasteiger partial charge in [0.1, 0.15) is 11.6 Å². The molecule has 1 aromatic heterocycles. The number of H-pyrrole nitrogens is 1. The predicted octanol–water partition coefficient (Wildman–Crippen LogP) is 0.896. The van der Waals surface area contributed by atoms with Crippen molar-refractivity contribution in [3.63, 3.8) is 0 Å². The van der Waals surface area contributed by atoms with Crippen molar-refractivity contribution in [3.05, 3.63) is 17.5 Å². The predicted molar refractivity (Wildman–Crippen MR) is 54.0 cm³/mol. The van der Waals surface area contributed by atoms with Gasteiger partial charge >= 0.3 is 5.97 Å². The number of carbonyl (C=O) groups excluding carboxylic acids is 1. The zero-order valence-corrected chi connectivity index (χ0v) is 9.13. The second-order valence-corrected chi connectivity index (χ2v) is 4.65. The summed E-state index contributed by atoms with van der Waals surface area (Å²) < 4.78 is 5.30. The summed E-state index contributed by atoms with van der Waals surface area (Å²) >= 11 is 0. The van der Waals surface area contributed by atoms with E-state index in [0.717, 1.165) is 11.3 Å². The SMILES string of the molecule is CC(C)(C)OC(=O)C1NCc2[nH]ncc21. The van der Waals surface area contributed by atoms with Crippen molar-refractivity contribution in [2.75, 3.05) is 0 Å². The minimum atomic E-state index is -0.453. The molecule has 5 nitrogen and oxygen atoms in total. The first-order valence-corrected chi connectivity index (χ1v) is 4.96. The molecule has 1 aromatic rings. The van der Waals surface area contributed by atoms with Gasteiger partial charge in [0.05, 0.1) is 11.9 Å². The average molecular weight is 209 g/mol. The van der Waals surface area contributed by atoms with Crippen LogP contribution in [0.15, 0.2) is 6.20 Å². The summed E-state index contributed by atoms with van der Waals surface area (Å²) in [6, 6.07) is -0.377. The molecule has 5 heteroatoms. The molecule has 1 atom stereocenters. The Hall–Kier alpha value is -1.36. The Balaban J connectivity index is 2.11. The number of aromatic amines is 1. The summed E-state index contributed by atoms with van der Waals surface area (Å²) in [6.45, 7) is 6.21. The van der Waals surface area contributed by atoms with E-state index in [-0.39, 0.29) is 12.0 Å². The van der Waals surface area contributed by atoms with Gasteiger partial charge in [0, 0.05) is 12.1 Å². The van der Waals surface area contributed by atoms with Gasteiger partial charge in [-0.1, -0.05) is 0 Å². The smallest absolute Gasteiger partial charge is 0.328 e. The van der Waals surface area contributed by atoms with E-state index in [1.165, 1.54) is 0 Å². The average Bonchev–Trinajstić information content (AvgIpc) is 2.57. The van der Waals surface area contributed by atoms with Crippen LogP contribution in [-0.2, 0) is 16.1 Å². The highest BCUT2D eigenvalue weighted by atomic mass is 16.6. The second-order valence-electron chi connectivity index (χ2n) is 4.65. The molecule has 2 rings (SSSR count). The molecule has 15 heavy (non-hydrogen) atoms. The Morgan fingerprint density at radius 2 is 2.33 bits per heavy atom. The third-order valence-electron chi connectivity index (χ3n) is 2.19. The molecule has 0 saturated heterocycles. The number of fused-ring (bicyclic) bond motifs is 1. The fourth-order valence-corrected chi connectivity index (χ4v) is 1.60. The lowest BCUT2D eigenvalue weighted by Crippen LogP contribution is -2.31. The molecule has 0 radical (unpaired) electrons. The number of aromatic nitrogens is 2. The lowest BCUT2D eigenvalue weighted by Gasteiger charge is -2.22. The molecule has 0 aromatic carbocycles. The molecular formula is C10H15N3O2. The third kappa shape index (κ3) is 2.02. The standard InChI is InChI=1S/C10H15N3O2/c1-10(2,3)15-9(14)8-6-4-12-13-7(6)5-11-8/h4,8,11H,5H2,1-3H3,(H,12,13). The van der Waals surface area contributed by atoms with Crippen molar-refractivity contribution in [3.8, 4) is 0 Å².